The van der Waals surface area contributed by atoms with Crippen LogP contribution in [0.15, 0.2) is 49.1 Å². The molecule has 2 aromatic rings. The van der Waals surface area contributed by atoms with Crippen molar-refractivity contribution in [1.29, 1.82) is 0 Å². The Hall–Kier alpha value is -2.43. The van der Waals surface area contributed by atoms with Crippen molar-refractivity contribution in [3.8, 4) is 11.5 Å². The molecule has 0 spiro atoms. The number of rotatable bonds is 2. The van der Waals surface area contributed by atoms with Gasteiger partial charge in [0.2, 0.25) is 0 Å². The van der Waals surface area contributed by atoms with Crippen molar-refractivity contribution in [1.82, 2.24) is 9.97 Å². The van der Waals surface area contributed by atoms with E-state index < -0.39 is 6.16 Å². The Balaban J connectivity index is 1.95. The minimum Gasteiger partial charge on any atom is -0.393 e. The van der Waals surface area contributed by atoms with E-state index in [1.54, 1.807) is 36.7 Å². The van der Waals surface area contributed by atoms with E-state index in [-0.39, 0.29) is 0 Å². The molecular formula is C11H8N2O3. The smallest absolute Gasteiger partial charge is 0.393 e. The molecule has 0 saturated carbocycles. The molecule has 16 heavy (non-hydrogen) atoms. The third-order valence-electron chi connectivity index (χ3n) is 1.67. The topological polar surface area (TPSA) is 61.3 Å². The Morgan fingerprint density at radius 2 is 1.44 bits per heavy atom. The number of carbonyl (C=O) groups excluding carboxylic acids is 1. The van der Waals surface area contributed by atoms with E-state index in [0.717, 1.165) is 0 Å². The average Bonchev–Trinajstić information content (AvgIpc) is 2.31. The first-order valence-corrected chi connectivity index (χ1v) is 4.54. The van der Waals surface area contributed by atoms with Crippen molar-refractivity contribution < 1.29 is 14.3 Å². The molecule has 2 heterocycles. The molecule has 0 aliphatic rings. The van der Waals surface area contributed by atoms with Gasteiger partial charge in [-0.05, 0) is 24.3 Å². The number of carbonyl (C=O) groups is 1. The van der Waals surface area contributed by atoms with Gasteiger partial charge in [-0.2, -0.15) is 0 Å². The highest BCUT2D eigenvalue weighted by molar-refractivity contribution is 5.66. The summed E-state index contributed by atoms with van der Waals surface area (Å²) in [5, 5.41) is 0. The number of aromatic nitrogens is 2. The van der Waals surface area contributed by atoms with Gasteiger partial charge in [0.1, 0.15) is 0 Å². The summed E-state index contributed by atoms with van der Waals surface area (Å²) in [6, 6.07) is 6.54. The van der Waals surface area contributed by atoms with Crippen molar-refractivity contribution >= 4 is 6.16 Å². The van der Waals surface area contributed by atoms with Crippen molar-refractivity contribution in [3.05, 3.63) is 49.1 Å². The summed E-state index contributed by atoms with van der Waals surface area (Å²) in [6.07, 6.45) is 5.19. The number of hydrogen-bond donors (Lipinski definition) is 0. The lowest BCUT2D eigenvalue weighted by atomic mass is 10.5. The minimum atomic E-state index is -0.819. The fourth-order valence-corrected chi connectivity index (χ4v) is 1.03. The molecule has 0 unspecified atom stereocenters. The van der Waals surface area contributed by atoms with E-state index in [1.807, 2.05) is 0 Å². The van der Waals surface area contributed by atoms with Gasteiger partial charge >= 0.3 is 6.16 Å². The summed E-state index contributed by atoms with van der Waals surface area (Å²) in [5.41, 5.74) is 0. The van der Waals surface area contributed by atoms with E-state index in [2.05, 4.69) is 9.97 Å². The first-order chi connectivity index (χ1) is 7.84. The van der Waals surface area contributed by atoms with Crippen LogP contribution in [-0.2, 0) is 0 Å². The van der Waals surface area contributed by atoms with Crippen molar-refractivity contribution in [2.24, 2.45) is 0 Å². The Morgan fingerprint density at radius 1 is 0.938 bits per heavy atom. The summed E-state index contributed by atoms with van der Waals surface area (Å²) in [6.45, 7) is 0. The van der Waals surface area contributed by atoms with Gasteiger partial charge in [-0.1, -0.05) is 0 Å². The second kappa shape index (κ2) is 4.88. The van der Waals surface area contributed by atoms with Gasteiger partial charge in [0.05, 0.1) is 12.4 Å². The highest BCUT2D eigenvalue weighted by Crippen LogP contribution is 2.10. The standard InChI is InChI=1S/C11H8N2O3/c14-11(15-9-3-1-5-12-7-9)16-10-4-2-6-13-8-10/h1-8H. The van der Waals surface area contributed by atoms with Crippen LogP contribution in [0.25, 0.3) is 0 Å². The Labute approximate surface area is 91.7 Å². The lowest BCUT2D eigenvalue weighted by Gasteiger charge is -2.03. The maximum absolute atomic E-state index is 11.3. The lowest BCUT2D eigenvalue weighted by Crippen LogP contribution is -2.13. The minimum absolute atomic E-state index is 0.330. The molecule has 0 saturated heterocycles. The SMILES string of the molecule is O=C(Oc1cccnc1)Oc1cccnc1. The summed E-state index contributed by atoms with van der Waals surface area (Å²) < 4.78 is 9.73. The zero-order valence-corrected chi connectivity index (χ0v) is 8.24. The van der Waals surface area contributed by atoms with E-state index in [0.29, 0.717) is 11.5 Å². The van der Waals surface area contributed by atoms with Crippen LogP contribution < -0.4 is 9.47 Å². The van der Waals surface area contributed by atoms with Crippen molar-refractivity contribution in [2.45, 2.75) is 0 Å². The molecule has 0 aliphatic carbocycles. The number of nitrogens with zero attached hydrogens (tertiary/aromatic N) is 2. The number of pyridine rings is 2. The Kier molecular flexibility index (Phi) is 3.08. The van der Waals surface area contributed by atoms with Gasteiger partial charge in [-0.3, -0.25) is 9.97 Å². The third kappa shape index (κ3) is 2.78. The fourth-order valence-electron chi connectivity index (χ4n) is 1.03. The first kappa shape index (κ1) is 10.1. The van der Waals surface area contributed by atoms with Crippen LogP contribution in [0.5, 0.6) is 11.5 Å². The zero-order chi connectivity index (χ0) is 11.2. The average molecular weight is 216 g/mol. The summed E-state index contributed by atoms with van der Waals surface area (Å²) in [5.74, 6) is 0.660. The van der Waals surface area contributed by atoms with Crippen molar-refractivity contribution in [2.75, 3.05) is 0 Å². The largest absolute Gasteiger partial charge is 0.519 e. The normalized spacial score (nSPS) is 9.50. The Bertz CT molecular complexity index is 416. The van der Waals surface area contributed by atoms with Crippen LogP contribution in [0.4, 0.5) is 4.79 Å². The zero-order valence-electron chi connectivity index (χ0n) is 8.24. The van der Waals surface area contributed by atoms with Gasteiger partial charge < -0.3 is 9.47 Å². The van der Waals surface area contributed by atoms with Crippen LogP contribution in [-0.4, -0.2) is 16.1 Å². The van der Waals surface area contributed by atoms with E-state index in [1.165, 1.54) is 12.4 Å². The summed E-state index contributed by atoms with van der Waals surface area (Å²) >= 11 is 0. The molecule has 0 fully saturated rings. The molecule has 0 aliphatic heterocycles. The molecule has 0 bridgehead atoms. The maximum atomic E-state index is 11.3. The highest BCUT2D eigenvalue weighted by atomic mass is 16.7. The Morgan fingerprint density at radius 3 is 1.81 bits per heavy atom. The van der Waals surface area contributed by atoms with Crippen LogP contribution >= 0.6 is 0 Å². The number of ether oxygens (including phenoxy) is 2. The maximum Gasteiger partial charge on any atom is 0.519 e. The predicted molar refractivity (Wildman–Crippen MR) is 55.1 cm³/mol. The summed E-state index contributed by atoms with van der Waals surface area (Å²) in [4.78, 5) is 18.9. The monoisotopic (exact) mass is 216 g/mol. The molecule has 0 amide bonds. The van der Waals surface area contributed by atoms with Crippen LogP contribution in [0, 0.1) is 0 Å². The van der Waals surface area contributed by atoms with Crippen molar-refractivity contribution in [3.63, 3.8) is 0 Å². The molecule has 0 N–H and O–H groups in total. The quantitative estimate of drug-likeness (QED) is 0.719. The van der Waals surface area contributed by atoms with E-state index in [4.69, 9.17) is 9.47 Å². The molecule has 80 valence electrons. The van der Waals surface area contributed by atoms with Gasteiger partial charge in [0.25, 0.3) is 0 Å². The second-order valence-electron chi connectivity index (χ2n) is 2.83. The van der Waals surface area contributed by atoms with Gasteiger partial charge in [-0.15, -0.1) is 0 Å². The molecular weight excluding hydrogens is 208 g/mol. The predicted octanol–water partition coefficient (Wildman–Crippen LogP) is 2.05. The van der Waals surface area contributed by atoms with Gasteiger partial charge in [0, 0.05) is 12.4 Å². The van der Waals surface area contributed by atoms with Gasteiger partial charge in [-0.25, -0.2) is 4.79 Å². The first-order valence-electron chi connectivity index (χ1n) is 4.54. The molecule has 2 aromatic heterocycles. The number of hydrogen-bond acceptors (Lipinski definition) is 5. The molecule has 0 aromatic carbocycles. The molecule has 0 atom stereocenters. The molecule has 5 nitrogen and oxygen atoms in total. The van der Waals surface area contributed by atoms with Gasteiger partial charge in [0.15, 0.2) is 11.5 Å². The van der Waals surface area contributed by atoms with E-state index in [9.17, 15) is 4.79 Å². The second-order valence-corrected chi connectivity index (χ2v) is 2.83. The molecule has 2 rings (SSSR count). The van der Waals surface area contributed by atoms with Crippen LogP contribution in [0.1, 0.15) is 0 Å². The third-order valence-corrected chi connectivity index (χ3v) is 1.67. The van der Waals surface area contributed by atoms with Crippen LogP contribution in [0.3, 0.4) is 0 Å². The fraction of sp³-hybridized carbons (Fsp3) is 0. The summed E-state index contributed by atoms with van der Waals surface area (Å²) in [7, 11) is 0. The van der Waals surface area contributed by atoms with E-state index >= 15 is 0 Å². The molecule has 0 radical (unpaired) electrons. The van der Waals surface area contributed by atoms with Crippen LogP contribution in [0.2, 0.25) is 0 Å². The lowest BCUT2D eigenvalue weighted by molar-refractivity contribution is 0.151. The highest BCUT2D eigenvalue weighted by Gasteiger charge is 2.07. The molecule has 5 heteroatoms.